The fraction of sp³-hybridized carbons (Fsp3) is 0.412. The average molecular weight is 380 g/mol. The highest BCUT2D eigenvalue weighted by atomic mass is 79.9. The standard InChI is InChI=1S/C17H22BrN3S/c1-5-21(17-19-12(4)8-14(10-22)20-17)16-7-6-13(11(2)3)9-15(16)18/h6-9,11,22H,5,10H2,1-4H3. The highest BCUT2D eigenvalue weighted by Gasteiger charge is 2.15. The SMILES string of the molecule is CCN(c1nc(C)cc(CS)n1)c1ccc(C(C)C)cc1Br. The molecule has 0 aliphatic rings. The van der Waals surface area contributed by atoms with E-state index in [2.05, 4.69) is 82.4 Å². The molecule has 0 amide bonds. The van der Waals surface area contributed by atoms with E-state index < -0.39 is 0 Å². The first kappa shape index (κ1) is 17.3. The van der Waals surface area contributed by atoms with E-state index in [1.807, 2.05) is 13.0 Å². The van der Waals surface area contributed by atoms with Gasteiger partial charge >= 0.3 is 0 Å². The molecule has 0 aliphatic heterocycles. The summed E-state index contributed by atoms with van der Waals surface area (Å²) < 4.78 is 1.07. The zero-order valence-corrected chi connectivity index (χ0v) is 15.9. The Morgan fingerprint density at radius 1 is 1.23 bits per heavy atom. The molecule has 0 aliphatic carbocycles. The zero-order valence-electron chi connectivity index (χ0n) is 13.5. The van der Waals surface area contributed by atoms with E-state index in [0.717, 1.165) is 34.0 Å². The molecule has 2 rings (SSSR count). The topological polar surface area (TPSA) is 29.0 Å². The lowest BCUT2D eigenvalue weighted by Gasteiger charge is -2.23. The zero-order chi connectivity index (χ0) is 16.3. The van der Waals surface area contributed by atoms with Crippen LogP contribution in [0.25, 0.3) is 0 Å². The van der Waals surface area contributed by atoms with Crippen molar-refractivity contribution >= 4 is 40.2 Å². The van der Waals surface area contributed by atoms with E-state index in [1.54, 1.807) is 0 Å². The first-order chi connectivity index (χ1) is 10.5. The van der Waals surface area contributed by atoms with Crippen molar-refractivity contribution in [2.75, 3.05) is 11.4 Å². The number of nitrogens with zero attached hydrogens (tertiary/aromatic N) is 3. The molecule has 118 valence electrons. The van der Waals surface area contributed by atoms with Crippen LogP contribution in [-0.4, -0.2) is 16.5 Å². The molecule has 0 radical (unpaired) electrons. The summed E-state index contributed by atoms with van der Waals surface area (Å²) in [6.45, 7) is 9.29. The largest absolute Gasteiger partial charge is 0.310 e. The summed E-state index contributed by atoms with van der Waals surface area (Å²) in [7, 11) is 0. The van der Waals surface area contributed by atoms with Gasteiger partial charge in [0, 0.05) is 22.5 Å². The summed E-state index contributed by atoms with van der Waals surface area (Å²) in [6.07, 6.45) is 0. The second-order valence-corrected chi connectivity index (χ2v) is 6.74. The summed E-state index contributed by atoms with van der Waals surface area (Å²) in [6, 6.07) is 8.46. The Bertz CT molecular complexity index is 658. The first-order valence-electron chi connectivity index (χ1n) is 7.48. The predicted octanol–water partition coefficient (Wildman–Crippen LogP) is 5.26. The van der Waals surface area contributed by atoms with Gasteiger partial charge in [-0.05, 0) is 59.5 Å². The van der Waals surface area contributed by atoms with E-state index in [9.17, 15) is 0 Å². The molecule has 0 saturated carbocycles. The normalized spacial score (nSPS) is 11.0. The van der Waals surface area contributed by atoms with Crippen LogP contribution in [0.2, 0.25) is 0 Å². The van der Waals surface area contributed by atoms with E-state index in [1.165, 1.54) is 5.56 Å². The molecule has 2 aromatic rings. The van der Waals surface area contributed by atoms with Crippen LogP contribution in [0.4, 0.5) is 11.6 Å². The fourth-order valence-corrected chi connectivity index (χ4v) is 3.11. The summed E-state index contributed by atoms with van der Waals surface area (Å²) in [5, 5.41) is 0. The van der Waals surface area contributed by atoms with Crippen molar-refractivity contribution in [3.63, 3.8) is 0 Å². The fourth-order valence-electron chi connectivity index (χ4n) is 2.34. The minimum atomic E-state index is 0.506. The smallest absolute Gasteiger partial charge is 0.230 e. The molecular weight excluding hydrogens is 358 g/mol. The Kier molecular flexibility index (Phi) is 5.87. The molecule has 5 heteroatoms. The lowest BCUT2D eigenvalue weighted by molar-refractivity contribution is 0.862. The molecular formula is C17H22BrN3S. The maximum atomic E-state index is 4.62. The minimum absolute atomic E-state index is 0.506. The van der Waals surface area contributed by atoms with E-state index in [-0.39, 0.29) is 0 Å². The van der Waals surface area contributed by atoms with Gasteiger partial charge in [0.25, 0.3) is 0 Å². The van der Waals surface area contributed by atoms with Gasteiger partial charge in [0.05, 0.1) is 11.4 Å². The number of halogens is 1. The lowest BCUT2D eigenvalue weighted by Crippen LogP contribution is -2.20. The predicted molar refractivity (Wildman–Crippen MR) is 100 cm³/mol. The van der Waals surface area contributed by atoms with Crippen LogP contribution in [0.15, 0.2) is 28.7 Å². The van der Waals surface area contributed by atoms with Crippen LogP contribution in [0.1, 0.15) is 43.6 Å². The number of hydrogen-bond acceptors (Lipinski definition) is 4. The van der Waals surface area contributed by atoms with Crippen molar-refractivity contribution < 1.29 is 0 Å². The third-order valence-electron chi connectivity index (χ3n) is 3.54. The van der Waals surface area contributed by atoms with Gasteiger partial charge in [-0.15, -0.1) is 0 Å². The molecule has 0 unspecified atom stereocenters. The summed E-state index contributed by atoms with van der Waals surface area (Å²) in [5.74, 6) is 1.84. The third-order valence-corrected chi connectivity index (χ3v) is 4.50. The van der Waals surface area contributed by atoms with Gasteiger partial charge in [0.15, 0.2) is 0 Å². The molecule has 0 bridgehead atoms. The number of aromatic nitrogens is 2. The van der Waals surface area contributed by atoms with Gasteiger partial charge in [0.2, 0.25) is 5.95 Å². The van der Waals surface area contributed by atoms with Crippen molar-refractivity contribution in [3.05, 3.63) is 45.7 Å². The van der Waals surface area contributed by atoms with Crippen LogP contribution in [0.3, 0.4) is 0 Å². The van der Waals surface area contributed by atoms with Gasteiger partial charge in [-0.2, -0.15) is 12.6 Å². The Balaban J connectivity index is 2.46. The first-order valence-corrected chi connectivity index (χ1v) is 8.91. The van der Waals surface area contributed by atoms with Gasteiger partial charge in [-0.3, -0.25) is 0 Å². The van der Waals surface area contributed by atoms with Gasteiger partial charge in [-0.1, -0.05) is 19.9 Å². The minimum Gasteiger partial charge on any atom is -0.310 e. The second-order valence-electron chi connectivity index (χ2n) is 5.57. The van der Waals surface area contributed by atoms with Crippen molar-refractivity contribution in [3.8, 4) is 0 Å². The Hall–Kier alpha value is -1.07. The van der Waals surface area contributed by atoms with Crippen molar-refractivity contribution in [1.29, 1.82) is 0 Å². The lowest BCUT2D eigenvalue weighted by atomic mass is 10.0. The molecule has 0 spiro atoms. The van der Waals surface area contributed by atoms with Crippen molar-refractivity contribution in [1.82, 2.24) is 9.97 Å². The van der Waals surface area contributed by atoms with Crippen LogP contribution >= 0.6 is 28.6 Å². The molecule has 3 nitrogen and oxygen atoms in total. The van der Waals surface area contributed by atoms with E-state index >= 15 is 0 Å². The maximum Gasteiger partial charge on any atom is 0.230 e. The Morgan fingerprint density at radius 2 is 1.95 bits per heavy atom. The van der Waals surface area contributed by atoms with Crippen LogP contribution in [-0.2, 0) is 5.75 Å². The molecule has 0 saturated heterocycles. The number of anilines is 2. The van der Waals surface area contributed by atoms with E-state index in [0.29, 0.717) is 11.7 Å². The van der Waals surface area contributed by atoms with Crippen LogP contribution in [0.5, 0.6) is 0 Å². The highest BCUT2D eigenvalue weighted by Crippen LogP contribution is 2.33. The van der Waals surface area contributed by atoms with Crippen LogP contribution < -0.4 is 4.90 Å². The molecule has 0 fully saturated rings. The number of thiol groups is 1. The average Bonchev–Trinajstić information content (AvgIpc) is 2.48. The summed E-state index contributed by atoms with van der Waals surface area (Å²) in [4.78, 5) is 11.3. The van der Waals surface area contributed by atoms with Crippen molar-refractivity contribution in [2.24, 2.45) is 0 Å². The van der Waals surface area contributed by atoms with Crippen molar-refractivity contribution in [2.45, 2.75) is 39.4 Å². The molecule has 1 aromatic heterocycles. The van der Waals surface area contributed by atoms with Crippen LogP contribution in [0, 0.1) is 6.92 Å². The van der Waals surface area contributed by atoms with Gasteiger partial charge in [-0.25, -0.2) is 9.97 Å². The molecule has 1 aromatic carbocycles. The number of benzene rings is 1. The van der Waals surface area contributed by atoms with Gasteiger partial charge in [0.1, 0.15) is 0 Å². The quantitative estimate of drug-likeness (QED) is 0.718. The monoisotopic (exact) mass is 379 g/mol. The highest BCUT2D eigenvalue weighted by molar-refractivity contribution is 9.10. The van der Waals surface area contributed by atoms with E-state index in [4.69, 9.17) is 0 Å². The molecule has 22 heavy (non-hydrogen) atoms. The number of hydrogen-bond donors (Lipinski definition) is 1. The maximum absolute atomic E-state index is 4.62. The number of aryl methyl sites for hydroxylation is 1. The summed E-state index contributed by atoms with van der Waals surface area (Å²) in [5.41, 5.74) is 4.30. The Morgan fingerprint density at radius 3 is 2.50 bits per heavy atom. The molecule has 1 heterocycles. The molecule has 0 atom stereocenters. The Labute approximate surface area is 146 Å². The van der Waals surface area contributed by atoms with Gasteiger partial charge < -0.3 is 4.90 Å². The summed E-state index contributed by atoms with van der Waals surface area (Å²) >= 11 is 8.02. The third kappa shape index (κ3) is 3.82. The molecule has 0 N–H and O–H groups in total. The number of rotatable bonds is 5. The second kappa shape index (κ2) is 7.47.